The number of primary amides is 1. The number of ether oxygens (including phenoxy) is 4. The zero-order valence-corrected chi connectivity index (χ0v) is 23.6. The van der Waals surface area contributed by atoms with Gasteiger partial charge in [-0.05, 0) is 44.5 Å². The lowest BCUT2D eigenvalue weighted by molar-refractivity contribution is -0.943. The molecule has 2 N–H and O–H groups in total. The van der Waals surface area contributed by atoms with Crippen LogP contribution in [0.3, 0.4) is 0 Å². The van der Waals surface area contributed by atoms with Crippen LogP contribution in [0.15, 0.2) is 35.7 Å². The summed E-state index contributed by atoms with van der Waals surface area (Å²) < 4.78 is 48.2. The van der Waals surface area contributed by atoms with E-state index < -0.39 is 21.8 Å². The Kier molecular flexibility index (Phi) is 10.4. The Morgan fingerprint density at radius 3 is 1.86 bits per heavy atom. The highest BCUT2D eigenvalue weighted by Crippen LogP contribution is 2.37. The molecule has 0 fully saturated rings. The summed E-state index contributed by atoms with van der Waals surface area (Å²) in [4.78, 5) is 12.7. The maximum Gasteiger partial charge on any atom is 0.280 e. The normalized spacial score (nSPS) is 12.8. The van der Waals surface area contributed by atoms with Crippen LogP contribution in [0.25, 0.3) is 6.08 Å². The van der Waals surface area contributed by atoms with Crippen LogP contribution < -0.4 is 24.7 Å². The molecule has 0 spiro atoms. The molecule has 0 heterocycles. The summed E-state index contributed by atoms with van der Waals surface area (Å²) in [5.41, 5.74) is 7.46. The smallest absolute Gasteiger partial charge is 0.280 e. The van der Waals surface area contributed by atoms with Crippen molar-refractivity contribution in [3.05, 3.63) is 52.4 Å². The summed E-state index contributed by atoms with van der Waals surface area (Å²) in [5.74, 6) is 1.06. The van der Waals surface area contributed by atoms with Gasteiger partial charge in [-0.2, -0.15) is 0 Å². The fourth-order valence-corrected chi connectivity index (χ4v) is 5.76. The summed E-state index contributed by atoms with van der Waals surface area (Å²) in [5, 5.41) is 1.12. The summed E-state index contributed by atoms with van der Waals surface area (Å²) in [6.07, 6.45) is 1.44. The predicted molar refractivity (Wildman–Crippen MR) is 145 cm³/mol. The van der Waals surface area contributed by atoms with Crippen molar-refractivity contribution in [3.8, 4) is 23.0 Å². The number of nitrogens with two attached hydrogens (primary N) is 1. The Morgan fingerprint density at radius 1 is 0.892 bits per heavy atom. The van der Waals surface area contributed by atoms with Gasteiger partial charge < -0.3 is 29.2 Å². The molecule has 2 aromatic rings. The van der Waals surface area contributed by atoms with Crippen LogP contribution in [0.1, 0.15) is 43.5 Å². The number of quaternary nitrogens is 1. The highest BCUT2D eigenvalue weighted by Gasteiger charge is 2.40. The van der Waals surface area contributed by atoms with Crippen LogP contribution in [-0.2, 0) is 20.4 Å². The van der Waals surface area contributed by atoms with Crippen molar-refractivity contribution in [1.29, 1.82) is 0 Å². The molecular weight excluding hydrogens is 496 g/mol. The lowest BCUT2D eigenvalue weighted by Crippen LogP contribution is -2.54. The van der Waals surface area contributed by atoms with Crippen molar-refractivity contribution in [2.75, 3.05) is 48.1 Å². The number of hydrogen-bond donors (Lipinski definition) is 1. The van der Waals surface area contributed by atoms with Crippen molar-refractivity contribution in [2.45, 2.75) is 32.6 Å². The van der Waals surface area contributed by atoms with Gasteiger partial charge >= 0.3 is 0 Å². The Bertz CT molecular complexity index is 1190. The van der Waals surface area contributed by atoms with Crippen LogP contribution in [0.4, 0.5) is 0 Å². The van der Waals surface area contributed by atoms with Gasteiger partial charge in [0.2, 0.25) is 0 Å². The maximum atomic E-state index is 13.1. The Balaban J connectivity index is 2.51. The summed E-state index contributed by atoms with van der Waals surface area (Å²) in [7, 11) is 2.28. The number of amides is 1. The highest BCUT2D eigenvalue weighted by atomic mass is 32.2. The second-order valence-electron chi connectivity index (χ2n) is 8.60. The van der Waals surface area contributed by atoms with Gasteiger partial charge in [0.25, 0.3) is 5.91 Å². The highest BCUT2D eigenvalue weighted by molar-refractivity contribution is 7.93. The van der Waals surface area contributed by atoms with Crippen molar-refractivity contribution in [3.63, 3.8) is 0 Å². The number of sulfone groups is 1. The first-order chi connectivity index (χ1) is 17.5. The molecule has 0 saturated carbocycles. The molecule has 0 bridgehead atoms. The minimum atomic E-state index is -3.72. The molecule has 0 aromatic heterocycles. The zero-order chi connectivity index (χ0) is 27.8. The first kappa shape index (κ1) is 30.0. The number of rotatable bonds is 14. The van der Waals surface area contributed by atoms with E-state index >= 15 is 0 Å². The monoisotopic (exact) mass is 535 g/mol. The second kappa shape index (κ2) is 12.8. The van der Waals surface area contributed by atoms with E-state index in [1.54, 1.807) is 30.3 Å². The van der Waals surface area contributed by atoms with E-state index in [-0.39, 0.29) is 5.75 Å². The molecule has 0 radical (unpaired) electrons. The van der Waals surface area contributed by atoms with Crippen LogP contribution in [0.2, 0.25) is 0 Å². The average molecular weight is 536 g/mol. The average Bonchev–Trinajstić information content (AvgIpc) is 2.89. The summed E-state index contributed by atoms with van der Waals surface area (Å²) in [6.45, 7) is 8.07. The van der Waals surface area contributed by atoms with Crippen LogP contribution >= 0.6 is 0 Å². The molecule has 37 heavy (non-hydrogen) atoms. The SMILES string of the molecule is CC[N+](CC)(CC)C(C(N)=O)c1cc(CS(=O)(=O)C=Cc2c(OC)cc(OC)cc2OC)ccc1OC. The molecule has 2 aromatic carbocycles. The van der Waals surface area contributed by atoms with Crippen LogP contribution in [0.5, 0.6) is 23.0 Å². The molecule has 1 atom stereocenters. The zero-order valence-electron chi connectivity index (χ0n) is 22.7. The molecular formula is C27H39N2O7S+. The van der Waals surface area contributed by atoms with Gasteiger partial charge in [0.1, 0.15) is 23.0 Å². The minimum absolute atomic E-state index is 0.281. The molecule has 0 aliphatic carbocycles. The van der Waals surface area contributed by atoms with Crippen LogP contribution in [0, 0.1) is 0 Å². The lowest BCUT2D eigenvalue weighted by atomic mass is 9.98. The molecule has 204 valence electrons. The van der Waals surface area contributed by atoms with E-state index in [1.807, 2.05) is 20.8 Å². The van der Waals surface area contributed by atoms with Gasteiger partial charge in [0, 0.05) is 17.5 Å². The number of benzene rings is 2. The van der Waals surface area contributed by atoms with Gasteiger partial charge in [-0.15, -0.1) is 0 Å². The molecule has 0 saturated heterocycles. The number of carbonyl (C=O) groups excluding carboxylic acids is 1. The topological polar surface area (TPSA) is 114 Å². The standard InChI is InChI=1S/C27H38N2O7S/c1-8-29(9-2,10-3)26(27(28)30)22-15-19(11-12-23(22)34-5)18-37(31,32)14-13-21-24(35-6)16-20(33-4)17-25(21)36-7/h11-17,26H,8-10,18H2,1-7H3,(H-,28,30)/p+1. The maximum absolute atomic E-state index is 13.1. The quantitative estimate of drug-likeness (QED) is 0.367. The number of methoxy groups -OCH3 is 4. The lowest BCUT2D eigenvalue weighted by Gasteiger charge is -2.41. The van der Waals surface area contributed by atoms with E-state index in [9.17, 15) is 13.2 Å². The van der Waals surface area contributed by atoms with E-state index in [0.717, 1.165) is 5.41 Å². The van der Waals surface area contributed by atoms with E-state index in [2.05, 4.69) is 0 Å². The van der Waals surface area contributed by atoms with Crippen molar-refractivity contribution in [2.24, 2.45) is 5.73 Å². The number of nitrogens with zero attached hydrogens (tertiary/aromatic N) is 1. The van der Waals surface area contributed by atoms with Gasteiger partial charge in [-0.3, -0.25) is 4.79 Å². The third-order valence-corrected chi connectivity index (χ3v) is 8.14. The first-order valence-electron chi connectivity index (χ1n) is 12.1. The van der Waals surface area contributed by atoms with Crippen molar-refractivity contribution >= 4 is 21.8 Å². The fourth-order valence-electron chi connectivity index (χ4n) is 4.67. The Labute approximate surface area is 220 Å². The van der Waals surface area contributed by atoms with Crippen molar-refractivity contribution in [1.82, 2.24) is 0 Å². The predicted octanol–water partition coefficient (Wildman–Crippen LogP) is 3.71. The minimum Gasteiger partial charge on any atom is -0.496 e. The Morgan fingerprint density at radius 2 is 1.43 bits per heavy atom. The molecule has 1 amide bonds. The van der Waals surface area contributed by atoms with E-state index in [0.29, 0.717) is 63.8 Å². The van der Waals surface area contributed by atoms with Gasteiger partial charge in [-0.1, -0.05) is 6.07 Å². The molecule has 10 heteroatoms. The third-order valence-electron chi connectivity index (χ3n) is 6.86. The van der Waals surface area contributed by atoms with Gasteiger partial charge in [-0.25, -0.2) is 8.42 Å². The second-order valence-corrected chi connectivity index (χ2v) is 10.5. The van der Waals surface area contributed by atoms with E-state index in [1.165, 1.54) is 34.5 Å². The summed E-state index contributed by atoms with van der Waals surface area (Å²) >= 11 is 0. The van der Waals surface area contributed by atoms with E-state index in [4.69, 9.17) is 24.7 Å². The first-order valence-corrected chi connectivity index (χ1v) is 13.8. The molecule has 2 rings (SSSR count). The number of hydrogen-bond acceptors (Lipinski definition) is 7. The van der Waals surface area contributed by atoms with Crippen LogP contribution in [-0.4, -0.2) is 66.9 Å². The largest absolute Gasteiger partial charge is 0.496 e. The third kappa shape index (κ3) is 6.75. The molecule has 0 aliphatic heterocycles. The number of likely N-dealkylation sites (N-methyl/N-ethyl adjacent to an activating group) is 1. The molecule has 0 aliphatic rings. The summed E-state index contributed by atoms with van der Waals surface area (Å²) in [6, 6.07) is 7.69. The van der Waals surface area contributed by atoms with Crippen molar-refractivity contribution < 1.29 is 36.6 Å². The van der Waals surface area contributed by atoms with Gasteiger partial charge in [0.05, 0.1) is 65.0 Å². The number of carbonyl (C=O) groups is 1. The van der Waals surface area contributed by atoms with Gasteiger partial charge in [0.15, 0.2) is 15.9 Å². The molecule has 9 nitrogen and oxygen atoms in total. The Hall–Kier alpha value is -3.24. The molecule has 1 unspecified atom stereocenters. The fraction of sp³-hybridized carbons (Fsp3) is 0.444.